The average Bonchev–Trinajstić information content (AvgIpc) is 2.81. The molecule has 26 heavy (non-hydrogen) atoms. The van der Waals surface area contributed by atoms with E-state index in [2.05, 4.69) is 5.32 Å². The van der Waals surface area contributed by atoms with Gasteiger partial charge in [-0.3, -0.25) is 15.0 Å². The van der Waals surface area contributed by atoms with Crippen molar-refractivity contribution < 1.29 is 28.7 Å². The summed E-state index contributed by atoms with van der Waals surface area (Å²) >= 11 is 0. The number of hydrogen-bond acceptors (Lipinski definition) is 6. The summed E-state index contributed by atoms with van der Waals surface area (Å²) in [4.78, 5) is 25.7. The van der Waals surface area contributed by atoms with Gasteiger partial charge in [0.15, 0.2) is 6.29 Å². The molecule has 0 bridgehead atoms. The number of methoxy groups -OCH3 is 2. The number of anilines is 1. The molecule has 0 spiro atoms. The van der Waals surface area contributed by atoms with Crippen LogP contribution in [0.15, 0.2) is 24.3 Å². The lowest BCUT2D eigenvalue weighted by Gasteiger charge is -2.30. The van der Waals surface area contributed by atoms with Gasteiger partial charge in [0.05, 0.1) is 1.37 Å². The van der Waals surface area contributed by atoms with Crippen molar-refractivity contribution in [1.82, 2.24) is 10.7 Å². The number of carbonyl (C=O) groups excluding carboxylic acids is 2. The maximum atomic E-state index is 13.3. The summed E-state index contributed by atoms with van der Waals surface area (Å²) in [6.45, 7) is -0.642. The Hall–Kier alpha value is -2.16. The molecule has 2 amide bonds. The molecule has 1 saturated heterocycles. The fourth-order valence-electron chi connectivity index (χ4n) is 2.34. The van der Waals surface area contributed by atoms with Crippen molar-refractivity contribution in [2.24, 2.45) is 5.84 Å². The van der Waals surface area contributed by atoms with Gasteiger partial charge in [-0.05, 0) is 38.7 Å². The predicted octanol–water partition coefficient (Wildman–Crippen LogP) is 0.832. The van der Waals surface area contributed by atoms with Crippen molar-refractivity contribution in [1.29, 1.82) is 0 Å². The molecule has 1 aromatic carbocycles. The molecule has 0 radical (unpaired) electrons. The Labute approximate surface area is 163 Å². The second-order valence-electron chi connectivity index (χ2n) is 5.99. The topological polar surface area (TPSA) is 106 Å². The van der Waals surface area contributed by atoms with Crippen LogP contribution < -0.4 is 21.5 Å². The number of nitrogens with zero attached hydrogens (tertiary/aromatic N) is 1. The molecule has 0 aromatic heterocycles. The van der Waals surface area contributed by atoms with E-state index in [0.717, 1.165) is 0 Å². The summed E-state index contributed by atoms with van der Waals surface area (Å²) in [6, 6.07) is 2.34. The van der Waals surface area contributed by atoms with Gasteiger partial charge in [-0.25, -0.2) is 5.84 Å². The standard InChI is InChI=1S/C18H28N4O4/c1-18(2,17(24)21-19)20-15(23)14-6-5-11-22(14)13-9-7-12(8-10-13)16(25-3)26-4/h7-10,14,16H,5-6,11,19H2,1-4H3,(H,20,23)(H,21,24)/t14-/m0/s1/i5D2,6D2,11D2,14D. The molecule has 1 aliphatic rings. The third-order valence-corrected chi connectivity index (χ3v) is 3.76. The van der Waals surface area contributed by atoms with E-state index in [1.807, 2.05) is 5.43 Å². The van der Waals surface area contributed by atoms with Crippen molar-refractivity contribution in [3.05, 3.63) is 29.8 Å². The summed E-state index contributed by atoms with van der Waals surface area (Å²) in [5, 5.41) is 2.19. The molecular weight excluding hydrogens is 336 g/mol. The normalized spacial score (nSPS) is 30.1. The van der Waals surface area contributed by atoms with E-state index in [0.29, 0.717) is 10.5 Å². The van der Waals surface area contributed by atoms with Crippen LogP contribution in [0.5, 0.6) is 0 Å². The van der Waals surface area contributed by atoms with E-state index >= 15 is 0 Å². The third-order valence-electron chi connectivity index (χ3n) is 3.76. The van der Waals surface area contributed by atoms with Crippen LogP contribution in [0.4, 0.5) is 5.69 Å². The molecule has 1 aromatic rings. The van der Waals surface area contributed by atoms with Crippen molar-refractivity contribution >= 4 is 17.5 Å². The molecule has 1 aliphatic heterocycles. The highest BCUT2D eigenvalue weighted by Gasteiger charge is 2.36. The number of nitrogens with two attached hydrogens (primary N) is 1. The number of hydrazine groups is 1. The minimum atomic E-state index is -3.36. The molecular formula is C18H28N4O4. The summed E-state index contributed by atoms with van der Waals surface area (Å²) in [7, 11) is 2.81. The summed E-state index contributed by atoms with van der Waals surface area (Å²) in [5.74, 6) is 2.83. The van der Waals surface area contributed by atoms with Crippen molar-refractivity contribution in [3.8, 4) is 0 Å². The maximum Gasteiger partial charge on any atom is 0.259 e. The zero-order valence-corrected chi connectivity index (χ0v) is 15.0. The minimum Gasteiger partial charge on any atom is -0.360 e. The SMILES string of the molecule is [2H]C1([2H])N(c2ccc(C(OC)OC)cc2)[C@]([2H])(C(=O)NC(C)(C)C(=O)NN)C([2H])([2H])C1([2H])[2H]. The van der Waals surface area contributed by atoms with Crippen molar-refractivity contribution in [3.63, 3.8) is 0 Å². The van der Waals surface area contributed by atoms with Gasteiger partial charge in [-0.15, -0.1) is 0 Å². The molecule has 2 rings (SSSR count). The number of benzene rings is 1. The zero-order chi connectivity index (χ0) is 25.6. The van der Waals surface area contributed by atoms with E-state index in [9.17, 15) is 9.59 Å². The average molecular weight is 371 g/mol. The molecule has 144 valence electrons. The van der Waals surface area contributed by atoms with Crippen LogP contribution >= 0.6 is 0 Å². The fourth-order valence-corrected chi connectivity index (χ4v) is 2.34. The second kappa shape index (κ2) is 8.48. The van der Waals surface area contributed by atoms with Crippen LogP contribution in [0.2, 0.25) is 0 Å². The molecule has 0 unspecified atom stereocenters. The lowest BCUT2D eigenvalue weighted by atomic mass is 10.0. The number of rotatable bonds is 7. The lowest BCUT2D eigenvalue weighted by Crippen LogP contribution is -2.59. The highest BCUT2D eigenvalue weighted by atomic mass is 16.7. The predicted molar refractivity (Wildman–Crippen MR) is 98.1 cm³/mol. The third kappa shape index (κ3) is 4.32. The summed E-state index contributed by atoms with van der Waals surface area (Å²) < 4.78 is 68.9. The molecule has 1 atom stereocenters. The van der Waals surface area contributed by atoms with E-state index in [1.54, 1.807) is 0 Å². The first-order chi connectivity index (χ1) is 15.0. The molecule has 0 aliphatic carbocycles. The van der Waals surface area contributed by atoms with Gasteiger partial charge in [0, 0.05) is 40.2 Å². The Morgan fingerprint density at radius 1 is 1.35 bits per heavy atom. The zero-order valence-electron chi connectivity index (χ0n) is 22.0. The molecule has 1 fully saturated rings. The number of amides is 2. The number of hydrogen-bond donors (Lipinski definition) is 3. The quantitative estimate of drug-likeness (QED) is 0.284. The van der Waals surface area contributed by atoms with Crippen LogP contribution in [0.1, 0.15) is 48.0 Å². The van der Waals surface area contributed by atoms with Crippen molar-refractivity contribution in [2.75, 3.05) is 25.6 Å². The van der Waals surface area contributed by atoms with Crippen LogP contribution in [0, 0.1) is 0 Å². The summed E-state index contributed by atoms with van der Waals surface area (Å²) in [6.07, 6.45) is -7.42. The van der Waals surface area contributed by atoms with Crippen LogP contribution in [-0.4, -0.2) is 44.1 Å². The monoisotopic (exact) mass is 371 g/mol. The van der Waals surface area contributed by atoms with Crippen LogP contribution in [-0.2, 0) is 19.1 Å². The van der Waals surface area contributed by atoms with Gasteiger partial charge in [0.2, 0.25) is 5.91 Å². The first-order valence-electron chi connectivity index (χ1n) is 11.3. The van der Waals surface area contributed by atoms with E-state index < -0.39 is 48.9 Å². The van der Waals surface area contributed by atoms with Gasteiger partial charge < -0.3 is 19.7 Å². The largest absolute Gasteiger partial charge is 0.360 e. The van der Waals surface area contributed by atoms with Gasteiger partial charge in [-0.1, -0.05) is 12.1 Å². The first kappa shape index (κ1) is 12.3. The Morgan fingerprint density at radius 2 is 1.96 bits per heavy atom. The van der Waals surface area contributed by atoms with E-state index in [1.165, 1.54) is 52.3 Å². The number of ether oxygens (including phenoxy) is 2. The van der Waals surface area contributed by atoms with Crippen LogP contribution in [0.25, 0.3) is 0 Å². The Morgan fingerprint density at radius 3 is 2.50 bits per heavy atom. The Balaban J connectivity index is 2.67. The van der Waals surface area contributed by atoms with Crippen molar-refractivity contribution in [2.45, 2.75) is 44.4 Å². The number of nitrogens with one attached hydrogen (secondary N) is 2. The molecule has 0 saturated carbocycles. The maximum absolute atomic E-state index is 13.3. The molecule has 8 heteroatoms. The molecule has 4 N–H and O–H groups in total. The first-order valence-corrected chi connectivity index (χ1v) is 7.77. The summed E-state index contributed by atoms with van der Waals surface area (Å²) in [5.41, 5.74) is 0.495. The lowest BCUT2D eigenvalue weighted by molar-refractivity contribution is -0.132. The fraction of sp³-hybridized carbons (Fsp3) is 0.556. The highest BCUT2D eigenvalue weighted by Crippen LogP contribution is 2.28. The van der Waals surface area contributed by atoms with E-state index in [-0.39, 0.29) is 5.69 Å². The Kier molecular flexibility index (Phi) is 4.00. The van der Waals surface area contributed by atoms with Gasteiger partial charge in [0.1, 0.15) is 11.6 Å². The highest BCUT2D eigenvalue weighted by molar-refractivity contribution is 5.93. The minimum absolute atomic E-state index is 0.147. The molecule has 8 nitrogen and oxygen atoms in total. The Bertz CT molecular complexity index is 910. The van der Waals surface area contributed by atoms with Crippen LogP contribution in [0.3, 0.4) is 0 Å². The number of carbonyl (C=O) groups is 2. The second-order valence-corrected chi connectivity index (χ2v) is 5.99. The van der Waals surface area contributed by atoms with Gasteiger partial charge in [0.25, 0.3) is 5.91 Å². The van der Waals surface area contributed by atoms with E-state index in [4.69, 9.17) is 24.9 Å². The van der Waals surface area contributed by atoms with Gasteiger partial charge in [-0.2, -0.15) is 0 Å². The van der Waals surface area contributed by atoms with Gasteiger partial charge >= 0.3 is 0 Å². The molecule has 1 heterocycles. The smallest absolute Gasteiger partial charge is 0.259 e.